The molecule has 0 aliphatic carbocycles. The maximum absolute atomic E-state index is 14.2. The SMILES string of the molecule is CC(Nc1ncnc2nc[nH]c12)c1nc2ccc(F)cc2n1C1CN(CC=O)C1N(C)C. The normalized spacial score (nSPS) is 20.0. The summed E-state index contributed by atoms with van der Waals surface area (Å²) in [6, 6.07) is 4.40. The largest absolute Gasteiger partial charge is 0.358 e. The van der Waals surface area contributed by atoms with E-state index in [4.69, 9.17) is 4.98 Å². The molecular weight excluding hydrogens is 413 g/mol. The highest BCUT2D eigenvalue weighted by Gasteiger charge is 2.43. The second kappa shape index (κ2) is 7.92. The number of H-pyrrole nitrogens is 1. The zero-order chi connectivity index (χ0) is 22.4. The van der Waals surface area contributed by atoms with Gasteiger partial charge in [0.25, 0.3) is 0 Å². The number of hydrogen-bond acceptors (Lipinski definition) is 8. The van der Waals surface area contributed by atoms with E-state index in [1.807, 2.05) is 21.0 Å². The predicted molar refractivity (Wildman–Crippen MR) is 118 cm³/mol. The fourth-order valence-corrected chi connectivity index (χ4v) is 4.59. The number of nitrogens with zero attached hydrogens (tertiary/aromatic N) is 7. The number of likely N-dealkylation sites (N-methyl/N-ethyl adjacent to an activating group) is 1. The summed E-state index contributed by atoms with van der Waals surface area (Å²) in [5.74, 6) is 1.07. The van der Waals surface area contributed by atoms with E-state index in [-0.39, 0.29) is 24.1 Å². The zero-order valence-electron chi connectivity index (χ0n) is 18.0. The number of imidazole rings is 2. The van der Waals surface area contributed by atoms with Crippen LogP contribution in [-0.4, -0.2) is 78.9 Å². The van der Waals surface area contributed by atoms with E-state index in [1.165, 1.54) is 18.5 Å². The van der Waals surface area contributed by atoms with Gasteiger partial charge >= 0.3 is 0 Å². The molecule has 3 aromatic heterocycles. The predicted octanol–water partition coefficient (Wildman–Crippen LogP) is 1.96. The van der Waals surface area contributed by atoms with Crippen molar-refractivity contribution in [3.05, 3.63) is 42.5 Å². The quantitative estimate of drug-likeness (QED) is 0.423. The number of rotatable bonds is 7. The molecule has 1 aromatic carbocycles. The lowest BCUT2D eigenvalue weighted by atomic mass is 10.0. The molecule has 0 saturated carbocycles. The van der Waals surface area contributed by atoms with Gasteiger partial charge in [-0.05, 0) is 39.2 Å². The molecule has 0 radical (unpaired) electrons. The van der Waals surface area contributed by atoms with Crippen LogP contribution in [0.5, 0.6) is 0 Å². The van der Waals surface area contributed by atoms with Crippen molar-refractivity contribution in [2.24, 2.45) is 0 Å². The Kier molecular flexibility index (Phi) is 5.06. The van der Waals surface area contributed by atoms with Crippen LogP contribution < -0.4 is 5.32 Å². The third kappa shape index (κ3) is 3.30. The van der Waals surface area contributed by atoms with Gasteiger partial charge in [-0.3, -0.25) is 9.80 Å². The van der Waals surface area contributed by atoms with Gasteiger partial charge in [-0.1, -0.05) is 0 Å². The summed E-state index contributed by atoms with van der Waals surface area (Å²) in [5, 5.41) is 3.40. The van der Waals surface area contributed by atoms with Gasteiger partial charge in [0.1, 0.15) is 29.8 Å². The number of carbonyl (C=O) groups excluding carboxylic acids is 1. The average Bonchev–Trinajstić information content (AvgIpc) is 3.35. The summed E-state index contributed by atoms with van der Waals surface area (Å²) in [6.45, 7) is 3.01. The first-order valence-electron chi connectivity index (χ1n) is 10.4. The molecule has 2 N–H and O–H groups in total. The number of aldehydes is 1. The van der Waals surface area contributed by atoms with Crippen molar-refractivity contribution in [2.45, 2.75) is 25.2 Å². The molecule has 11 heteroatoms. The summed E-state index contributed by atoms with van der Waals surface area (Å²) in [5.41, 5.74) is 2.72. The molecule has 0 spiro atoms. The number of carbonyl (C=O) groups is 1. The number of halogens is 1. The minimum Gasteiger partial charge on any atom is -0.358 e. The highest BCUT2D eigenvalue weighted by Crippen LogP contribution is 2.37. The first kappa shape index (κ1) is 20.5. The van der Waals surface area contributed by atoms with Crippen molar-refractivity contribution in [3.63, 3.8) is 0 Å². The monoisotopic (exact) mass is 437 g/mol. The number of benzene rings is 1. The number of nitrogens with one attached hydrogen (secondary N) is 2. The van der Waals surface area contributed by atoms with Gasteiger partial charge < -0.3 is 19.7 Å². The van der Waals surface area contributed by atoms with Gasteiger partial charge in [-0.25, -0.2) is 24.3 Å². The Hall–Kier alpha value is -3.44. The van der Waals surface area contributed by atoms with E-state index in [9.17, 15) is 9.18 Å². The lowest BCUT2D eigenvalue weighted by Crippen LogP contribution is -2.63. The van der Waals surface area contributed by atoms with E-state index in [0.29, 0.717) is 30.1 Å². The lowest BCUT2D eigenvalue weighted by molar-refractivity contribution is -0.116. The number of aromatic amines is 1. The van der Waals surface area contributed by atoms with E-state index in [2.05, 4.69) is 39.6 Å². The summed E-state index contributed by atoms with van der Waals surface area (Å²) in [7, 11) is 3.96. The third-order valence-corrected chi connectivity index (χ3v) is 5.95. The van der Waals surface area contributed by atoms with Crippen molar-refractivity contribution >= 4 is 34.3 Å². The highest BCUT2D eigenvalue weighted by atomic mass is 19.1. The van der Waals surface area contributed by atoms with E-state index in [0.717, 1.165) is 23.1 Å². The first-order chi connectivity index (χ1) is 15.5. The molecule has 1 aliphatic rings. The van der Waals surface area contributed by atoms with Gasteiger partial charge in [-0.2, -0.15) is 0 Å². The van der Waals surface area contributed by atoms with Gasteiger partial charge in [0.2, 0.25) is 0 Å². The third-order valence-electron chi connectivity index (χ3n) is 5.95. The Bertz CT molecular complexity index is 1280. The van der Waals surface area contributed by atoms with E-state index < -0.39 is 0 Å². The van der Waals surface area contributed by atoms with Crippen LogP contribution in [0, 0.1) is 5.82 Å². The number of likely N-dealkylation sites (tertiary alicyclic amines) is 1. The fraction of sp³-hybridized carbons (Fsp3) is 0.381. The van der Waals surface area contributed by atoms with Crippen LogP contribution in [0.2, 0.25) is 0 Å². The van der Waals surface area contributed by atoms with Crippen LogP contribution in [0.1, 0.15) is 24.8 Å². The van der Waals surface area contributed by atoms with E-state index >= 15 is 0 Å². The lowest BCUT2D eigenvalue weighted by Gasteiger charge is -2.51. The smallest absolute Gasteiger partial charge is 0.182 e. The van der Waals surface area contributed by atoms with Gasteiger partial charge in [-0.15, -0.1) is 0 Å². The average molecular weight is 437 g/mol. The molecule has 3 atom stereocenters. The van der Waals surface area contributed by atoms with Gasteiger partial charge in [0.15, 0.2) is 11.5 Å². The van der Waals surface area contributed by atoms with Crippen molar-refractivity contribution < 1.29 is 9.18 Å². The minimum atomic E-state index is -0.314. The first-order valence-corrected chi connectivity index (χ1v) is 10.4. The summed E-state index contributed by atoms with van der Waals surface area (Å²) in [4.78, 5) is 35.9. The summed E-state index contributed by atoms with van der Waals surface area (Å²) < 4.78 is 16.3. The van der Waals surface area contributed by atoms with Crippen LogP contribution in [-0.2, 0) is 4.79 Å². The second-order valence-corrected chi connectivity index (χ2v) is 8.23. The van der Waals surface area contributed by atoms with Crippen LogP contribution >= 0.6 is 0 Å². The maximum Gasteiger partial charge on any atom is 0.182 e. The standard InChI is InChI=1S/C21H24FN9O/c1-12(27-19-17-18(24-10-23-17)25-11-26-19)20-28-14-5-4-13(22)8-15(14)31(20)16-9-30(6-7-32)21(16)29(2)3/h4-5,7-8,10-12,16,21H,6,9H2,1-3H3,(H2,23,24,25,26,27). The van der Waals surface area contributed by atoms with Gasteiger partial charge in [0.05, 0.1) is 42.2 Å². The Labute approximate surface area is 183 Å². The Balaban J connectivity index is 1.57. The molecule has 4 heterocycles. The number of aromatic nitrogens is 6. The van der Waals surface area contributed by atoms with Crippen molar-refractivity contribution in [1.29, 1.82) is 0 Å². The molecule has 1 saturated heterocycles. The van der Waals surface area contributed by atoms with Crippen molar-refractivity contribution in [3.8, 4) is 0 Å². The zero-order valence-corrected chi connectivity index (χ0v) is 18.0. The molecule has 5 rings (SSSR count). The highest BCUT2D eigenvalue weighted by molar-refractivity contribution is 5.82. The molecule has 4 aromatic rings. The van der Waals surface area contributed by atoms with Crippen molar-refractivity contribution in [2.75, 3.05) is 32.5 Å². The topological polar surface area (TPSA) is 108 Å². The van der Waals surface area contributed by atoms with Crippen LogP contribution in [0.25, 0.3) is 22.2 Å². The van der Waals surface area contributed by atoms with Gasteiger partial charge in [0, 0.05) is 6.54 Å². The van der Waals surface area contributed by atoms with Crippen LogP contribution in [0.3, 0.4) is 0 Å². The molecule has 1 fully saturated rings. The number of hydrogen-bond donors (Lipinski definition) is 2. The molecule has 32 heavy (non-hydrogen) atoms. The molecule has 166 valence electrons. The Morgan fingerprint density at radius 3 is 2.97 bits per heavy atom. The molecule has 1 aliphatic heterocycles. The van der Waals surface area contributed by atoms with Crippen LogP contribution in [0.4, 0.5) is 10.2 Å². The molecule has 3 unspecified atom stereocenters. The number of fused-ring (bicyclic) bond motifs is 2. The maximum atomic E-state index is 14.2. The Morgan fingerprint density at radius 2 is 2.19 bits per heavy atom. The molecular formula is C21H24FN9O. The Morgan fingerprint density at radius 1 is 1.34 bits per heavy atom. The fourth-order valence-electron chi connectivity index (χ4n) is 4.59. The molecule has 0 amide bonds. The second-order valence-electron chi connectivity index (χ2n) is 8.23. The van der Waals surface area contributed by atoms with E-state index in [1.54, 1.807) is 12.4 Å². The van der Waals surface area contributed by atoms with Crippen LogP contribution in [0.15, 0.2) is 30.9 Å². The summed E-state index contributed by atoms with van der Waals surface area (Å²) in [6.07, 6.45) is 3.94. The number of anilines is 1. The molecule has 0 bridgehead atoms. The molecule has 10 nitrogen and oxygen atoms in total. The van der Waals surface area contributed by atoms with Crippen molar-refractivity contribution in [1.82, 2.24) is 39.3 Å². The minimum absolute atomic E-state index is 0.00794. The summed E-state index contributed by atoms with van der Waals surface area (Å²) >= 11 is 0.